The monoisotopic (exact) mass is 916 g/mol. The number of hydrogen-bond donors (Lipinski definition) is 4. The maximum absolute atomic E-state index is 14.7. The first-order valence-electron chi connectivity index (χ1n) is 23.8. The molecule has 9 rings (SSSR count). The molecule has 4 aliphatic heterocycles. The number of nitrogens with one attached hydrogen (secondary N) is 4. The van der Waals surface area contributed by atoms with E-state index in [0.29, 0.717) is 44.3 Å². The Labute approximate surface area is 391 Å². The molecule has 5 aromatic rings. The number of amides is 4. The fraction of sp³-hybridized carbons (Fsp3) is 0.529. The normalized spacial score (nSPS) is 22.2. The molecule has 0 spiro atoms. The van der Waals surface area contributed by atoms with E-state index in [0.717, 1.165) is 81.2 Å². The van der Waals surface area contributed by atoms with Gasteiger partial charge in [0.05, 0.1) is 42.1 Å². The van der Waals surface area contributed by atoms with Crippen molar-refractivity contribution in [2.75, 3.05) is 20.3 Å². The Morgan fingerprint density at radius 3 is 2.24 bits per heavy atom. The van der Waals surface area contributed by atoms with Crippen molar-refractivity contribution in [2.24, 2.45) is 11.3 Å². The van der Waals surface area contributed by atoms with E-state index < -0.39 is 35.3 Å². The Morgan fingerprint density at radius 1 is 0.851 bits per heavy atom. The molecule has 0 saturated carbocycles. The van der Waals surface area contributed by atoms with Gasteiger partial charge in [-0.05, 0) is 125 Å². The van der Waals surface area contributed by atoms with Crippen molar-refractivity contribution in [1.82, 2.24) is 40.4 Å². The molecule has 3 saturated heterocycles. The zero-order valence-corrected chi connectivity index (χ0v) is 40.1. The number of ether oxygens (including phenoxy) is 4. The van der Waals surface area contributed by atoms with Gasteiger partial charge in [0, 0.05) is 41.7 Å². The van der Waals surface area contributed by atoms with Gasteiger partial charge in [0.2, 0.25) is 11.8 Å². The van der Waals surface area contributed by atoms with Crippen molar-refractivity contribution in [2.45, 2.75) is 142 Å². The highest BCUT2D eigenvalue weighted by atomic mass is 16.6. The second-order valence-electron chi connectivity index (χ2n) is 20.6. The Balaban J connectivity index is 0.958. The Kier molecular flexibility index (Phi) is 12.2. The van der Waals surface area contributed by atoms with Crippen LogP contribution >= 0.6 is 0 Å². The van der Waals surface area contributed by atoms with Gasteiger partial charge in [0.25, 0.3) is 0 Å². The summed E-state index contributed by atoms with van der Waals surface area (Å²) >= 11 is 0. The summed E-state index contributed by atoms with van der Waals surface area (Å²) in [6.45, 7) is 16.8. The number of likely N-dealkylation sites (tertiary alicyclic amines) is 2. The molecule has 0 aliphatic carbocycles. The SMILES string of the molecule is COC(=O)N[C@H](C(=O)N1[C@@H](C)CC[C@H]1c1nc2c(ccc3cc4c(cc32)OCc2cc(-c3cnc([C@@H]5CC[C@H](C)N5C(=O)C(NC(=O)OC(C)(C)C)C5(C)CCOCC5)[nH]3)ccc2-4)[nH]1)C(C)C. The molecule has 4 N–H and O–H groups in total. The van der Waals surface area contributed by atoms with Gasteiger partial charge in [-0.15, -0.1) is 0 Å². The fourth-order valence-electron chi connectivity index (χ4n) is 10.6. The van der Waals surface area contributed by atoms with Crippen LogP contribution in [-0.4, -0.2) is 104 Å². The quantitative estimate of drug-likeness (QED) is 0.111. The van der Waals surface area contributed by atoms with Crippen LogP contribution in [-0.2, 0) is 30.4 Å². The standard InChI is InChI=1S/C51H64N8O8/c1-27(2)41(56-48(62)64-9)46(60)58-28(3)11-17-39(58)45-53-36-15-13-30-23-35-33-14-12-31(22-32(33)26-66-40(35)24-34(30)42(36)55-45)37-25-52-44(54-37)38-16-10-29(4)59(38)47(61)43(51(8)18-20-65-21-19-51)57-49(63)67-50(5,6)7/h12-15,22-25,27-29,38-39,41,43H,10-11,16-21,26H2,1-9H3,(H,52,54)(H,53,55)(H,56,62)(H,57,63)/t28-,29-,38-,39-,41-,43?/m0/s1. The van der Waals surface area contributed by atoms with Crippen LogP contribution in [0.5, 0.6) is 5.75 Å². The zero-order valence-electron chi connectivity index (χ0n) is 40.1. The largest absolute Gasteiger partial charge is 0.488 e. The van der Waals surface area contributed by atoms with Crippen molar-refractivity contribution in [3.63, 3.8) is 0 Å². The first-order chi connectivity index (χ1) is 31.9. The number of imidazole rings is 2. The maximum Gasteiger partial charge on any atom is 0.408 e. The van der Waals surface area contributed by atoms with Crippen molar-refractivity contribution >= 4 is 45.8 Å². The minimum absolute atomic E-state index is 0.0305. The molecule has 67 heavy (non-hydrogen) atoms. The van der Waals surface area contributed by atoms with Gasteiger partial charge in [0.1, 0.15) is 41.7 Å². The van der Waals surface area contributed by atoms with E-state index in [-0.39, 0.29) is 41.9 Å². The molecule has 4 amide bonds. The minimum Gasteiger partial charge on any atom is -0.488 e. The number of alkyl carbamates (subject to hydrolysis) is 2. The van der Waals surface area contributed by atoms with Crippen LogP contribution < -0.4 is 15.4 Å². The lowest BCUT2D eigenvalue weighted by atomic mass is 9.75. The predicted molar refractivity (Wildman–Crippen MR) is 253 cm³/mol. The lowest BCUT2D eigenvalue weighted by Crippen LogP contribution is -2.59. The summed E-state index contributed by atoms with van der Waals surface area (Å²) in [6.07, 6.45) is 4.96. The van der Waals surface area contributed by atoms with Gasteiger partial charge >= 0.3 is 12.2 Å². The van der Waals surface area contributed by atoms with Crippen LogP contribution in [0.15, 0.2) is 48.7 Å². The van der Waals surface area contributed by atoms with Crippen LogP contribution in [0, 0.1) is 11.3 Å². The topological polar surface area (TPSA) is 193 Å². The molecular weight excluding hydrogens is 853 g/mol. The van der Waals surface area contributed by atoms with E-state index in [1.54, 1.807) is 0 Å². The van der Waals surface area contributed by atoms with E-state index in [1.165, 1.54) is 7.11 Å². The number of hydrogen-bond acceptors (Lipinski definition) is 10. The van der Waals surface area contributed by atoms with Gasteiger partial charge in [-0.3, -0.25) is 9.59 Å². The van der Waals surface area contributed by atoms with Crippen LogP contribution in [0.25, 0.3) is 44.2 Å². The molecule has 6 atom stereocenters. The second-order valence-corrected chi connectivity index (χ2v) is 20.6. The van der Waals surface area contributed by atoms with Gasteiger partial charge in [0.15, 0.2) is 0 Å². The minimum atomic E-state index is -0.793. The summed E-state index contributed by atoms with van der Waals surface area (Å²) in [5.74, 6) is 1.76. The lowest BCUT2D eigenvalue weighted by Gasteiger charge is -2.43. The summed E-state index contributed by atoms with van der Waals surface area (Å²) in [7, 11) is 1.30. The summed E-state index contributed by atoms with van der Waals surface area (Å²) in [5.41, 5.74) is 5.34. The third kappa shape index (κ3) is 8.80. The van der Waals surface area contributed by atoms with Gasteiger partial charge in [-0.25, -0.2) is 19.6 Å². The number of benzene rings is 3. The van der Waals surface area contributed by atoms with Gasteiger partial charge in [-0.1, -0.05) is 39.0 Å². The van der Waals surface area contributed by atoms with E-state index >= 15 is 0 Å². The second kappa shape index (κ2) is 17.8. The molecule has 4 aliphatic rings. The van der Waals surface area contributed by atoms with E-state index in [9.17, 15) is 19.2 Å². The highest BCUT2D eigenvalue weighted by molar-refractivity contribution is 6.07. The van der Waals surface area contributed by atoms with Gasteiger partial charge < -0.3 is 49.3 Å². The molecule has 6 heterocycles. The fourth-order valence-corrected chi connectivity index (χ4v) is 10.6. The molecule has 16 heteroatoms. The Hall–Kier alpha value is -6.16. The van der Waals surface area contributed by atoms with Crippen LogP contribution in [0.4, 0.5) is 9.59 Å². The lowest BCUT2D eigenvalue weighted by molar-refractivity contribution is -0.142. The molecular formula is C51H64N8O8. The Morgan fingerprint density at radius 2 is 1.55 bits per heavy atom. The van der Waals surface area contributed by atoms with Crippen LogP contribution in [0.1, 0.15) is 123 Å². The molecule has 0 bridgehead atoms. The number of H-pyrrole nitrogens is 2. The van der Waals surface area contributed by atoms with E-state index in [1.807, 2.05) is 63.6 Å². The van der Waals surface area contributed by atoms with Crippen molar-refractivity contribution in [3.8, 4) is 28.1 Å². The number of aromatic amines is 2. The number of rotatable bonds is 9. The number of nitrogens with zero attached hydrogens (tertiary/aromatic N) is 4. The number of methoxy groups -OCH3 is 1. The summed E-state index contributed by atoms with van der Waals surface area (Å²) in [5, 5.41) is 7.69. The predicted octanol–water partition coefficient (Wildman–Crippen LogP) is 8.86. The third-order valence-electron chi connectivity index (χ3n) is 14.4. The molecule has 0 radical (unpaired) electrons. The molecule has 2 aromatic heterocycles. The number of aromatic nitrogens is 4. The van der Waals surface area contributed by atoms with Crippen LogP contribution in [0.2, 0.25) is 0 Å². The smallest absolute Gasteiger partial charge is 0.408 e. The van der Waals surface area contributed by atoms with E-state index in [2.05, 4.69) is 70.8 Å². The average molecular weight is 917 g/mol. The third-order valence-corrected chi connectivity index (χ3v) is 14.4. The first-order valence-corrected chi connectivity index (χ1v) is 23.8. The molecule has 16 nitrogen and oxygen atoms in total. The van der Waals surface area contributed by atoms with E-state index in [4.69, 9.17) is 28.9 Å². The highest BCUT2D eigenvalue weighted by Gasteiger charge is 2.48. The number of fused-ring (bicyclic) bond motifs is 6. The molecule has 1 unspecified atom stereocenters. The van der Waals surface area contributed by atoms with Crippen LogP contribution in [0.3, 0.4) is 0 Å². The molecule has 356 valence electrons. The van der Waals surface area contributed by atoms with Crippen molar-refractivity contribution in [1.29, 1.82) is 0 Å². The zero-order chi connectivity index (χ0) is 47.5. The highest BCUT2D eigenvalue weighted by Crippen LogP contribution is 2.45. The van der Waals surface area contributed by atoms with Crippen molar-refractivity contribution in [3.05, 3.63) is 65.9 Å². The Bertz CT molecular complexity index is 2710. The summed E-state index contributed by atoms with van der Waals surface area (Å²) < 4.78 is 22.6. The molecule has 3 aromatic carbocycles. The maximum atomic E-state index is 14.7. The number of carbonyl (C=O) groups is 4. The van der Waals surface area contributed by atoms with Gasteiger partial charge in [-0.2, -0.15) is 0 Å². The van der Waals surface area contributed by atoms with Crippen molar-refractivity contribution < 1.29 is 38.1 Å². The number of carbonyl (C=O) groups excluding carboxylic acids is 4. The summed E-state index contributed by atoms with van der Waals surface area (Å²) in [4.78, 5) is 75.0. The first kappa shape index (κ1) is 46.0. The summed E-state index contributed by atoms with van der Waals surface area (Å²) in [6, 6.07) is 12.5. The average Bonchev–Trinajstić information content (AvgIpc) is 4.11. The molecule has 3 fully saturated rings.